The lowest BCUT2D eigenvalue weighted by atomic mass is 10.3. The molecule has 0 spiro atoms. The molecule has 9 heteroatoms. The van der Waals surface area contributed by atoms with Gasteiger partial charge in [-0.05, 0) is 26.0 Å². The van der Waals surface area contributed by atoms with E-state index in [4.69, 9.17) is 0 Å². The topological polar surface area (TPSA) is 94.2 Å². The van der Waals surface area contributed by atoms with E-state index in [1.165, 1.54) is 26.6 Å². The normalized spacial score (nSPS) is 11.0. The van der Waals surface area contributed by atoms with E-state index in [-0.39, 0.29) is 11.3 Å². The van der Waals surface area contributed by atoms with Crippen LogP contribution in [0, 0.1) is 13.8 Å². The molecule has 8 nitrogen and oxygen atoms in total. The SMILES string of the molecule is Cc1csc(NC(=O)c2cc3nc(C)cc(=O)n3n2-c2ccccn2)n1. The van der Waals surface area contributed by atoms with Gasteiger partial charge in [-0.1, -0.05) is 6.07 Å². The lowest BCUT2D eigenvalue weighted by Gasteiger charge is -2.09. The minimum atomic E-state index is -0.396. The Morgan fingerprint density at radius 1 is 1.15 bits per heavy atom. The Morgan fingerprint density at radius 3 is 2.69 bits per heavy atom. The number of aryl methyl sites for hydroxylation is 2. The van der Waals surface area contributed by atoms with Crippen LogP contribution in [0.15, 0.2) is 46.7 Å². The van der Waals surface area contributed by atoms with E-state index in [2.05, 4.69) is 20.3 Å². The minimum absolute atomic E-state index is 0.242. The Hall–Kier alpha value is -3.33. The number of amides is 1. The van der Waals surface area contributed by atoms with E-state index in [1.807, 2.05) is 12.3 Å². The van der Waals surface area contributed by atoms with Crippen molar-refractivity contribution in [1.82, 2.24) is 24.1 Å². The Labute approximate surface area is 151 Å². The van der Waals surface area contributed by atoms with Gasteiger partial charge in [-0.2, -0.15) is 4.52 Å². The van der Waals surface area contributed by atoms with Crippen LogP contribution in [0.4, 0.5) is 5.13 Å². The summed E-state index contributed by atoms with van der Waals surface area (Å²) in [6.07, 6.45) is 1.60. The Bertz CT molecular complexity index is 1180. The van der Waals surface area contributed by atoms with Gasteiger partial charge in [0.25, 0.3) is 11.5 Å². The molecule has 0 unspecified atom stereocenters. The number of hydrogen-bond acceptors (Lipinski definition) is 6. The molecule has 0 saturated heterocycles. The number of pyridine rings is 1. The summed E-state index contributed by atoms with van der Waals surface area (Å²) >= 11 is 1.33. The number of fused-ring (bicyclic) bond motifs is 1. The first-order valence-corrected chi connectivity index (χ1v) is 8.68. The molecule has 0 fully saturated rings. The Balaban J connectivity index is 1.92. The van der Waals surface area contributed by atoms with Gasteiger partial charge in [-0.25, -0.2) is 19.6 Å². The summed E-state index contributed by atoms with van der Waals surface area (Å²) in [7, 11) is 0. The molecule has 0 bridgehead atoms. The average molecular weight is 366 g/mol. The number of nitrogens with zero attached hydrogens (tertiary/aromatic N) is 5. The largest absolute Gasteiger partial charge is 0.296 e. The van der Waals surface area contributed by atoms with Gasteiger partial charge in [0.15, 0.2) is 16.6 Å². The van der Waals surface area contributed by atoms with E-state index in [1.54, 1.807) is 37.4 Å². The molecular formula is C17H14N6O2S. The highest BCUT2D eigenvalue weighted by Crippen LogP contribution is 2.18. The van der Waals surface area contributed by atoms with Crippen LogP contribution in [-0.4, -0.2) is 30.1 Å². The predicted molar refractivity (Wildman–Crippen MR) is 98.1 cm³/mol. The van der Waals surface area contributed by atoms with Crippen LogP contribution in [0.2, 0.25) is 0 Å². The number of thiazole rings is 1. The minimum Gasteiger partial charge on any atom is -0.296 e. The highest BCUT2D eigenvalue weighted by molar-refractivity contribution is 7.13. The van der Waals surface area contributed by atoms with Crippen LogP contribution in [0.5, 0.6) is 0 Å². The fourth-order valence-electron chi connectivity index (χ4n) is 2.64. The van der Waals surface area contributed by atoms with Crippen molar-refractivity contribution in [2.75, 3.05) is 5.32 Å². The van der Waals surface area contributed by atoms with Crippen molar-refractivity contribution in [3.8, 4) is 5.82 Å². The second-order valence-electron chi connectivity index (χ2n) is 5.68. The Morgan fingerprint density at radius 2 is 2.00 bits per heavy atom. The highest BCUT2D eigenvalue weighted by Gasteiger charge is 2.20. The molecule has 0 radical (unpaired) electrons. The van der Waals surface area contributed by atoms with Crippen LogP contribution in [0.25, 0.3) is 11.5 Å². The highest BCUT2D eigenvalue weighted by atomic mass is 32.1. The quantitative estimate of drug-likeness (QED) is 0.600. The lowest BCUT2D eigenvalue weighted by Crippen LogP contribution is -2.24. The summed E-state index contributed by atoms with van der Waals surface area (Å²) in [6.45, 7) is 3.58. The molecule has 26 heavy (non-hydrogen) atoms. The molecular weight excluding hydrogens is 352 g/mol. The summed E-state index contributed by atoms with van der Waals surface area (Å²) in [4.78, 5) is 38.2. The van der Waals surface area contributed by atoms with Gasteiger partial charge in [-0.3, -0.25) is 14.9 Å². The summed E-state index contributed by atoms with van der Waals surface area (Å²) in [5.74, 6) is 0.0447. The van der Waals surface area contributed by atoms with Gasteiger partial charge in [0.1, 0.15) is 5.69 Å². The summed E-state index contributed by atoms with van der Waals surface area (Å²) in [6, 6.07) is 8.25. The zero-order chi connectivity index (χ0) is 18.3. The van der Waals surface area contributed by atoms with Crippen LogP contribution in [-0.2, 0) is 0 Å². The lowest BCUT2D eigenvalue weighted by molar-refractivity contribution is 0.101. The molecule has 1 amide bonds. The van der Waals surface area contributed by atoms with Crippen molar-refractivity contribution in [3.63, 3.8) is 0 Å². The average Bonchev–Trinajstić information content (AvgIpc) is 3.19. The Kier molecular flexibility index (Phi) is 3.85. The van der Waals surface area contributed by atoms with Crippen molar-refractivity contribution in [1.29, 1.82) is 0 Å². The maximum Gasteiger partial charge on any atom is 0.276 e. The van der Waals surface area contributed by atoms with E-state index in [0.717, 1.165) is 5.69 Å². The van der Waals surface area contributed by atoms with E-state index in [9.17, 15) is 9.59 Å². The van der Waals surface area contributed by atoms with Crippen molar-refractivity contribution in [2.45, 2.75) is 13.8 Å². The van der Waals surface area contributed by atoms with E-state index < -0.39 is 5.91 Å². The van der Waals surface area contributed by atoms with E-state index in [0.29, 0.717) is 22.3 Å². The van der Waals surface area contributed by atoms with Crippen molar-refractivity contribution in [2.24, 2.45) is 0 Å². The summed E-state index contributed by atoms with van der Waals surface area (Å²) in [5.41, 5.74) is 1.73. The third-order valence-corrected chi connectivity index (χ3v) is 4.56. The van der Waals surface area contributed by atoms with Crippen molar-refractivity contribution in [3.05, 3.63) is 69.3 Å². The molecule has 0 aliphatic carbocycles. The third-order valence-electron chi connectivity index (χ3n) is 3.68. The number of nitrogens with one attached hydrogen (secondary N) is 1. The van der Waals surface area contributed by atoms with Crippen molar-refractivity contribution < 1.29 is 4.79 Å². The smallest absolute Gasteiger partial charge is 0.276 e. The molecule has 0 aromatic carbocycles. The summed E-state index contributed by atoms with van der Waals surface area (Å²) in [5, 5.41) is 5.10. The molecule has 130 valence electrons. The maximum absolute atomic E-state index is 12.8. The number of aromatic nitrogens is 5. The molecule has 0 atom stereocenters. The number of anilines is 1. The first-order chi connectivity index (χ1) is 12.5. The predicted octanol–water partition coefficient (Wildman–Crippen LogP) is 2.21. The zero-order valence-corrected chi connectivity index (χ0v) is 14.8. The fourth-order valence-corrected chi connectivity index (χ4v) is 3.32. The van der Waals surface area contributed by atoms with Crippen LogP contribution in [0.3, 0.4) is 0 Å². The monoisotopic (exact) mass is 366 g/mol. The molecule has 4 rings (SSSR count). The molecule has 4 aromatic heterocycles. The zero-order valence-electron chi connectivity index (χ0n) is 14.0. The van der Waals surface area contributed by atoms with Gasteiger partial charge in [0.05, 0.1) is 5.69 Å². The molecule has 0 aliphatic rings. The maximum atomic E-state index is 12.8. The van der Waals surface area contributed by atoms with Crippen molar-refractivity contribution >= 4 is 28.0 Å². The fraction of sp³-hybridized carbons (Fsp3) is 0.118. The standard InChI is InChI=1S/C17H14N6O2S/c1-10-7-15(24)23-14(19-10)8-12(22(23)13-5-3-4-6-18-13)16(25)21-17-20-11(2)9-26-17/h3-9H,1-2H3,(H,20,21,25). The number of carbonyl (C=O) groups excluding carboxylic acids is 1. The van der Waals surface area contributed by atoms with Gasteiger partial charge in [0.2, 0.25) is 0 Å². The first-order valence-electron chi connectivity index (χ1n) is 7.80. The van der Waals surface area contributed by atoms with E-state index >= 15 is 0 Å². The second-order valence-corrected chi connectivity index (χ2v) is 6.54. The number of carbonyl (C=O) groups is 1. The van der Waals surface area contributed by atoms with Gasteiger partial charge < -0.3 is 0 Å². The van der Waals surface area contributed by atoms with Crippen LogP contribution in [0.1, 0.15) is 21.9 Å². The van der Waals surface area contributed by atoms with Gasteiger partial charge >= 0.3 is 0 Å². The number of hydrogen-bond donors (Lipinski definition) is 1. The first kappa shape index (κ1) is 16.2. The van der Waals surface area contributed by atoms with Gasteiger partial charge in [0, 0.05) is 29.4 Å². The molecule has 1 N–H and O–H groups in total. The third kappa shape index (κ3) is 2.78. The molecule has 4 aromatic rings. The molecule has 0 aliphatic heterocycles. The van der Waals surface area contributed by atoms with Crippen LogP contribution < -0.4 is 10.9 Å². The van der Waals surface area contributed by atoms with Crippen LogP contribution >= 0.6 is 11.3 Å². The summed E-state index contributed by atoms with van der Waals surface area (Å²) < 4.78 is 2.79. The van der Waals surface area contributed by atoms with Gasteiger partial charge in [-0.15, -0.1) is 11.3 Å². The second kappa shape index (κ2) is 6.19. The number of rotatable bonds is 3. The molecule has 4 heterocycles. The molecule has 0 saturated carbocycles.